The quantitative estimate of drug-likeness (QED) is 0.575. The Bertz CT molecular complexity index is 547. The molecule has 1 atom stereocenters. The minimum Gasteiger partial charge on any atom is -0.468 e. The Morgan fingerprint density at radius 2 is 1.79 bits per heavy atom. The number of hydrogen-bond acceptors (Lipinski definition) is 6. The van der Waals surface area contributed by atoms with Crippen molar-refractivity contribution in [2.75, 3.05) is 32.6 Å². The molecule has 1 aromatic carbocycles. The third kappa shape index (κ3) is 7.40. The van der Waals surface area contributed by atoms with Gasteiger partial charge in [-0.2, -0.15) is 0 Å². The molecule has 0 bridgehead atoms. The molecule has 1 aromatic rings. The van der Waals surface area contributed by atoms with Crippen molar-refractivity contribution in [2.45, 2.75) is 12.5 Å². The van der Waals surface area contributed by atoms with Crippen LogP contribution in [0.5, 0.6) is 0 Å². The summed E-state index contributed by atoms with van der Waals surface area (Å²) in [4.78, 5) is 34.5. The number of anilines is 1. The second-order valence-corrected chi connectivity index (χ2v) is 4.68. The first kappa shape index (κ1) is 21.8. The molecule has 4 N–H and O–H groups in total. The Balaban J connectivity index is 0.00000529. The number of carbonyl (C=O) groups excluding carboxylic acids is 3. The zero-order valence-corrected chi connectivity index (χ0v) is 14.4. The molecule has 1 rings (SSSR count). The number of halogens is 1. The van der Waals surface area contributed by atoms with Gasteiger partial charge in [-0.05, 0) is 24.3 Å². The van der Waals surface area contributed by atoms with E-state index in [4.69, 9.17) is 10.5 Å². The number of carbonyl (C=O) groups is 3. The summed E-state index contributed by atoms with van der Waals surface area (Å²) in [5.41, 5.74) is 6.37. The number of hydrogen-bond donors (Lipinski definition) is 3. The molecule has 8 nitrogen and oxygen atoms in total. The summed E-state index contributed by atoms with van der Waals surface area (Å²) < 4.78 is 9.47. The number of ether oxygens (including phenoxy) is 2. The summed E-state index contributed by atoms with van der Waals surface area (Å²) in [5, 5.41) is 5.11. The fraction of sp³-hybridized carbons (Fsp3) is 0.400. The first-order valence-corrected chi connectivity index (χ1v) is 6.98. The number of amides is 2. The van der Waals surface area contributed by atoms with E-state index in [1.54, 1.807) is 24.3 Å². The highest BCUT2D eigenvalue weighted by molar-refractivity contribution is 5.97. The molecule has 2 amide bonds. The van der Waals surface area contributed by atoms with E-state index in [9.17, 15) is 14.4 Å². The van der Waals surface area contributed by atoms with Gasteiger partial charge in [-0.1, -0.05) is 0 Å². The molecular weight excluding hydrogens is 338 g/mol. The third-order valence-electron chi connectivity index (χ3n) is 3.06. The van der Waals surface area contributed by atoms with Gasteiger partial charge in [-0.15, -0.1) is 12.4 Å². The summed E-state index contributed by atoms with van der Waals surface area (Å²) in [5.74, 6) is -1.17. The lowest BCUT2D eigenvalue weighted by atomic mass is 10.2. The lowest BCUT2D eigenvalue weighted by Gasteiger charge is -2.12. The van der Waals surface area contributed by atoms with E-state index in [1.165, 1.54) is 14.2 Å². The molecule has 0 heterocycles. The first-order chi connectivity index (χ1) is 11.0. The van der Waals surface area contributed by atoms with Gasteiger partial charge >= 0.3 is 5.97 Å². The van der Waals surface area contributed by atoms with Crippen LogP contribution in [0.15, 0.2) is 24.3 Å². The van der Waals surface area contributed by atoms with Crippen molar-refractivity contribution in [3.8, 4) is 0 Å². The predicted molar refractivity (Wildman–Crippen MR) is 91.1 cm³/mol. The van der Waals surface area contributed by atoms with E-state index in [2.05, 4.69) is 15.4 Å². The van der Waals surface area contributed by atoms with Crippen LogP contribution in [-0.4, -0.2) is 51.2 Å². The Hall–Kier alpha value is -2.16. The normalized spacial score (nSPS) is 11.0. The van der Waals surface area contributed by atoms with E-state index < -0.39 is 11.9 Å². The zero-order valence-electron chi connectivity index (χ0n) is 13.5. The first-order valence-electron chi connectivity index (χ1n) is 6.98. The average Bonchev–Trinajstić information content (AvgIpc) is 2.57. The van der Waals surface area contributed by atoms with Gasteiger partial charge in [-0.25, -0.2) is 0 Å². The second-order valence-electron chi connectivity index (χ2n) is 4.68. The van der Waals surface area contributed by atoms with Crippen LogP contribution < -0.4 is 16.4 Å². The van der Waals surface area contributed by atoms with Crippen LogP contribution in [0.4, 0.5) is 5.69 Å². The Morgan fingerprint density at radius 3 is 2.29 bits per heavy atom. The molecule has 0 aromatic heterocycles. The van der Waals surface area contributed by atoms with Gasteiger partial charge < -0.3 is 25.8 Å². The van der Waals surface area contributed by atoms with Crippen molar-refractivity contribution >= 4 is 35.9 Å². The Kier molecular flexibility index (Phi) is 10.4. The predicted octanol–water partition coefficient (Wildman–Crippen LogP) is 0.314. The summed E-state index contributed by atoms with van der Waals surface area (Å²) in [7, 11) is 2.73. The van der Waals surface area contributed by atoms with Crippen LogP contribution in [0.3, 0.4) is 0 Å². The summed E-state index contributed by atoms with van der Waals surface area (Å²) in [6.07, 6.45) is -0.188. The minimum atomic E-state index is -0.533. The number of methoxy groups -OCH3 is 2. The molecular formula is C15H22ClN3O5. The molecule has 0 saturated carbocycles. The van der Waals surface area contributed by atoms with E-state index >= 15 is 0 Å². The van der Waals surface area contributed by atoms with E-state index in [0.29, 0.717) is 11.3 Å². The lowest BCUT2D eigenvalue weighted by Crippen LogP contribution is -2.30. The largest absolute Gasteiger partial charge is 0.468 e. The second kappa shape index (κ2) is 11.4. The molecule has 9 heteroatoms. The average molecular weight is 360 g/mol. The van der Waals surface area contributed by atoms with Crippen molar-refractivity contribution in [3.63, 3.8) is 0 Å². The number of nitrogens with two attached hydrogens (primary N) is 1. The van der Waals surface area contributed by atoms with Gasteiger partial charge in [-0.3, -0.25) is 14.4 Å². The van der Waals surface area contributed by atoms with Gasteiger partial charge in [0.2, 0.25) is 5.91 Å². The van der Waals surface area contributed by atoms with Gasteiger partial charge in [0.15, 0.2) is 0 Å². The van der Waals surface area contributed by atoms with Crippen molar-refractivity contribution in [1.29, 1.82) is 0 Å². The minimum absolute atomic E-state index is 0. The van der Waals surface area contributed by atoms with Crippen LogP contribution >= 0.6 is 12.4 Å². The highest BCUT2D eigenvalue weighted by Crippen LogP contribution is 2.10. The van der Waals surface area contributed by atoms with Crippen molar-refractivity contribution in [3.05, 3.63) is 29.8 Å². The fourth-order valence-electron chi connectivity index (χ4n) is 1.71. The maximum Gasteiger partial charge on any atom is 0.325 e. The molecule has 1 unspecified atom stereocenters. The maximum absolute atomic E-state index is 11.8. The number of esters is 1. The summed E-state index contributed by atoms with van der Waals surface area (Å²) in [6, 6.07) is 6.27. The summed E-state index contributed by atoms with van der Waals surface area (Å²) in [6.45, 7) is 0.0501. The Labute approximate surface area is 146 Å². The number of rotatable bonds is 8. The molecule has 0 spiro atoms. The van der Waals surface area contributed by atoms with E-state index in [1.807, 2.05) is 0 Å². The fourth-order valence-corrected chi connectivity index (χ4v) is 1.71. The molecule has 0 aliphatic heterocycles. The van der Waals surface area contributed by atoms with Gasteiger partial charge in [0.05, 0.1) is 19.6 Å². The SMILES string of the molecule is COC(=O)CNC(=O)c1ccc(NC(=O)CC(CN)OC)cc1.Cl. The van der Waals surface area contributed by atoms with Gasteiger partial charge in [0.25, 0.3) is 5.91 Å². The molecule has 0 saturated heterocycles. The molecule has 0 fully saturated rings. The monoisotopic (exact) mass is 359 g/mol. The van der Waals surface area contributed by atoms with Crippen molar-refractivity contribution in [2.24, 2.45) is 5.73 Å². The highest BCUT2D eigenvalue weighted by atomic mass is 35.5. The Morgan fingerprint density at radius 1 is 1.17 bits per heavy atom. The van der Waals surface area contributed by atoms with Crippen molar-refractivity contribution in [1.82, 2.24) is 5.32 Å². The molecule has 134 valence electrons. The molecule has 0 radical (unpaired) electrons. The maximum atomic E-state index is 11.8. The van der Waals surface area contributed by atoms with Crippen molar-refractivity contribution < 1.29 is 23.9 Å². The van der Waals surface area contributed by atoms with Gasteiger partial charge in [0.1, 0.15) is 6.54 Å². The topological polar surface area (TPSA) is 120 Å². The molecule has 0 aliphatic rings. The standard InChI is InChI=1S/C15H21N3O5.ClH/c1-22-12(8-16)7-13(19)18-11-5-3-10(4-6-11)15(21)17-9-14(20)23-2;/h3-6,12H,7-9,16H2,1-2H3,(H,17,21)(H,18,19);1H. The number of nitrogens with one attached hydrogen (secondary N) is 2. The molecule has 0 aliphatic carbocycles. The van der Waals surface area contributed by atoms with E-state index in [-0.39, 0.29) is 43.9 Å². The van der Waals surface area contributed by atoms with Gasteiger partial charge in [0, 0.05) is 24.9 Å². The smallest absolute Gasteiger partial charge is 0.325 e. The third-order valence-corrected chi connectivity index (χ3v) is 3.06. The highest BCUT2D eigenvalue weighted by Gasteiger charge is 2.12. The number of benzene rings is 1. The van der Waals surface area contributed by atoms with Crippen LogP contribution in [0.2, 0.25) is 0 Å². The van der Waals surface area contributed by atoms with Crippen LogP contribution in [0, 0.1) is 0 Å². The van der Waals surface area contributed by atoms with Crippen LogP contribution in [-0.2, 0) is 19.1 Å². The van der Waals surface area contributed by atoms with E-state index in [0.717, 1.165) is 0 Å². The van der Waals surface area contributed by atoms with Crippen LogP contribution in [0.1, 0.15) is 16.8 Å². The lowest BCUT2D eigenvalue weighted by molar-refractivity contribution is -0.139. The summed E-state index contributed by atoms with van der Waals surface area (Å²) >= 11 is 0. The zero-order chi connectivity index (χ0) is 17.2. The molecule has 24 heavy (non-hydrogen) atoms. The van der Waals surface area contributed by atoms with Crippen LogP contribution in [0.25, 0.3) is 0 Å².